The van der Waals surface area contributed by atoms with Crippen LogP contribution in [0.3, 0.4) is 0 Å². The maximum Gasteiger partial charge on any atom is 0.0620 e. The van der Waals surface area contributed by atoms with E-state index in [2.05, 4.69) is 130 Å². The highest BCUT2D eigenvalue weighted by atomic mass is 14.9. The summed E-state index contributed by atoms with van der Waals surface area (Å²) < 4.78 is 4.93. The molecule has 4 aromatic heterocycles. The molecular formula is C36H20N2. The highest BCUT2D eigenvalue weighted by molar-refractivity contribution is 6.25. The zero-order chi connectivity index (χ0) is 24.5. The first-order chi connectivity index (χ1) is 18.9. The third kappa shape index (κ3) is 2.10. The summed E-state index contributed by atoms with van der Waals surface area (Å²) in [5, 5.41) is 10.6. The van der Waals surface area contributed by atoms with Gasteiger partial charge in [0.2, 0.25) is 0 Å². The fourth-order valence-electron chi connectivity index (χ4n) is 7.22. The van der Waals surface area contributed by atoms with Crippen LogP contribution in [-0.2, 0) is 0 Å². The molecular weight excluding hydrogens is 460 g/mol. The Labute approximate surface area is 217 Å². The molecule has 0 fully saturated rings. The van der Waals surface area contributed by atoms with Crippen molar-refractivity contribution >= 4 is 76.2 Å². The van der Waals surface area contributed by atoms with Crippen LogP contribution in [0.4, 0.5) is 0 Å². The van der Waals surface area contributed by atoms with Gasteiger partial charge in [0.15, 0.2) is 0 Å². The van der Waals surface area contributed by atoms with Crippen molar-refractivity contribution in [3.8, 4) is 11.1 Å². The number of nitrogens with zero attached hydrogens (tertiary/aromatic N) is 2. The number of para-hydroxylation sites is 4. The predicted molar refractivity (Wildman–Crippen MR) is 161 cm³/mol. The second kappa shape index (κ2) is 6.42. The summed E-state index contributed by atoms with van der Waals surface area (Å²) in [5.74, 6) is 0. The first-order valence-corrected chi connectivity index (χ1v) is 13.2. The lowest BCUT2D eigenvalue weighted by molar-refractivity contribution is 1.36. The van der Waals surface area contributed by atoms with Crippen molar-refractivity contribution in [2.45, 2.75) is 0 Å². The van der Waals surface area contributed by atoms with Crippen molar-refractivity contribution in [2.24, 2.45) is 0 Å². The largest absolute Gasteiger partial charge is 0.308 e. The van der Waals surface area contributed by atoms with E-state index in [1.165, 1.54) is 87.3 Å². The van der Waals surface area contributed by atoms with Crippen molar-refractivity contribution in [1.82, 2.24) is 8.80 Å². The summed E-state index contributed by atoms with van der Waals surface area (Å²) in [4.78, 5) is 0. The number of hydrogen-bond donors (Lipinski definition) is 0. The van der Waals surface area contributed by atoms with Crippen LogP contribution in [0.25, 0.3) is 87.3 Å². The highest BCUT2D eigenvalue weighted by Gasteiger charge is 2.19. The van der Waals surface area contributed by atoms with Crippen LogP contribution >= 0.6 is 0 Å². The van der Waals surface area contributed by atoms with Crippen molar-refractivity contribution < 1.29 is 0 Å². The van der Waals surface area contributed by atoms with Gasteiger partial charge in [0, 0.05) is 43.1 Å². The first kappa shape index (κ1) is 19.1. The number of fused-ring (bicyclic) bond motifs is 12. The minimum atomic E-state index is 1.24. The first-order valence-electron chi connectivity index (χ1n) is 13.2. The van der Waals surface area contributed by atoms with Gasteiger partial charge in [-0.3, -0.25) is 0 Å². The van der Waals surface area contributed by atoms with Gasteiger partial charge >= 0.3 is 0 Å². The fourth-order valence-corrected chi connectivity index (χ4v) is 7.22. The molecule has 0 saturated heterocycles. The SMILES string of the molecule is c1ccc2c(c1)c1cccc3c4ccc(-c5ccc6c7cccc8c9ccccc9n(c6c5)c87)cc4n2c13. The molecule has 2 nitrogen and oxygen atoms in total. The summed E-state index contributed by atoms with van der Waals surface area (Å²) in [6, 6.07) is 44.9. The van der Waals surface area contributed by atoms with Crippen LogP contribution in [0.5, 0.6) is 0 Å². The lowest BCUT2D eigenvalue weighted by Gasteiger charge is -2.05. The molecule has 174 valence electrons. The summed E-state index contributed by atoms with van der Waals surface area (Å²) in [5.41, 5.74) is 10.2. The zero-order valence-electron chi connectivity index (χ0n) is 20.4. The van der Waals surface area contributed by atoms with Crippen molar-refractivity contribution in [2.75, 3.05) is 0 Å². The molecule has 0 amide bonds. The molecule has 0 bridgehead atoms. The zero-order valence-corrected chi connectivity index (χ0v) is 20.4. The summed E-state index contributed by atoms with van der Waals surface area (Å²) >= 11 is 0. The Balaban J connectivity index is 1.31. The van der Waals surface area contributed by atoms with Gasteiger partial charge in [-0.05, 0) is 35.4 Å². The molecule has 0 N–H and O–H groups in total. The van der Waals surface area contributed by atoms with Crippen LogP contribution in [0.2, 0.25) is 0 Å². The fraction of sp³-hybridized carbons (Fsp3) is 0. The Bertz CT molecular complexity index is 2380. The van der Waals surface area contributed by atoms with Crippen LogP contribution in [-0.4, -0.2) is 8.80 Å². The maximum atomic E-state index is 2.46. The third-order valence-electron chi connectivity index (χ3n) is 8.78. The molecule has 0 unspecified atom stereocenters. The second-order valence-corrected chi connectivity index (χ2v) is 10.6. The smallest absolute Gasteiger partial charge is 0.0620 e. The molecule has 6 aromatic carbocycles. The molecule has 0 spiro atoms. The molecule has 10 aromatic rings. The van der Waals surface area contributed by atoms with Gasteiger partial charge in [-0.1, -0.05) is 97.1 Å². The molecule has 0 aliphatic heterocycles. The van der Waals surface area contributed by atoms with Crippen LogP contribution < -0.4 is 0 Å². The second-order valence-electron chi connectivity index (χ2n) is 10.6. The highest BCUT2D eigenvalue weighted by Crippen LogP contribution is 2.42. The van der Waals surface area contributed by atoms with Gasteiger partial charge in [-0.25, -0.2) is 0 Å². The molecule has 2 heteroatoms. The molecule has 38 heavy (non-hydrogen) atoms. The summed E-state index contributed by atoms with van der Waals surface area (Å²) in [6.07, 6.45) is 0. The third-order valence-corrected chi connectivity index (χ3v) is 8.78. The topological polar surface area (TPSA) is 8.82 Å². The van der Waals surface area contributed by atoms with E-state index in [0.717, 1.165) is 0 Å². The van der Waals surface area contributed by atoms with Crippen molar-refractivity contribution in [3.05, 3.63) is 121 Å². The lowest BCUT2D eigenvalue weighted by Crippen LogP contribution is -1.84. The van der Waals surface area contributed by atoms with E-state index in [9.17, 15) is 0 Å². The van der Waals surface area contributed by atoms with E-state index in [0.29, 0.717) is 0 Å². The number of benzene rings is 6. The average molecular weight is 481 g/mol. The molecule has 0 saturated carbocycles. The van der Waals surface area contributed by atoms with Crippen molar-refractivity contribution in [1.29, 1.82) is 0 Å². The average Bonchev–Trinajstić information content (AvgIpc) is 3.70. The van der Waals surface area contributed by atoms with E-state index in [1.54, 1.807) is 0 Å². The molecule has 0 radical (unpaired) electrons. The van der Waals surface area contributed by atoms with Crippen LogP contribution in [0.15, 0.2) is 121 Å². The van der Waals surface area contributed by atoms with Gasteiger partial charge in [0.1, 0.15) is 0 Å². The minimum absolute atomic E-state index is 1.24. The van der Waals surface area contributed by atoms with E-state index in [-0.39, 0.29) is 0 Å². The summed E-state index contributed by atoms with van der Waals surface area (Å²) in [6.45, 7) is 0. The molecule has 4 heterocycles. The van der Waals surface area contributed by atoms with E-state index in [4.69, 9.17) is 0 Å². The maximum absolute atomic E-state index is 2.46. The molecule has 10 rings (SSSR count). The van der Waals surface area contributed by atoms with Crippen molar-refractivity contribution in [3.63, 3.8) is 0 Å². The van der Waals surface area contributed by atoms with Crippen LogP contribution in [0, 0.1) is 0 Å². The Morgan fingerprint density at radius 2 is 0.658 bits per heavy atom. The number of rotatable bonds is 1. The van der Waals surface area contributed by atoms with Gasteiger partial charge in [-0.2, -0.15) is 0 Å². The Hall–Kier alpha value is -5.08. The minimum Gasteiger partial charge on any atom is -0.308 e. The molecule has 0 aliphatic carbocycles. The van der Waals surface area contributed by atoms with Gasteiger partial charge in [0.05, 0.1) is 33.1 Å². The Kier molecular flexibility index (Phi) is 3.23. The van der Waals surface area contributed by atoms with E-state index >= 15 is 0 Å². The lowest BCUT2D eigenvalue weighted by atomic mass is 10.0. The van der Waals surface area contributed by atoms with Crippen LogP contribution in [0.1, 0.15) is 0 Å². The predicted octanol–water partition coefficient (Wildman–Crippen LogP) is 9.65. The van der Waals surface area contributed by atoms with Gasteiger partial charge in [-0.15, -0.1) is 0 Å². The molecule has 0 aliphatic rings. The van der Waals surface area contributed by atoms with Gasteiger partial charge < -0.3 is 8.80 Å². The Morgan fingerprint density at radius 1 is 0.289 bits per heavy atom. The summed E-state index contributed by atoms with van der Waals surface area (Å²) in [7, 11) is 0. The number of hydrogen-bond acceptors (Lipinski definition) is 0. The normalized spacial score (nSPS) is 12.7. The molecule has 0 atom stereocenters. The standard InChI is InChI=1S/C36H20N2/c1-3-13-31-23(7-1)27-9-5-11-29-25-17-15-21(19-33(25)37(31)35(27)29)22-16-18-26-30-12-6-10-28-24-8-2-4-14-32(24)38(36(28)30)34(26)20-22/h1-20H. The Morgan fingerprint density at radius 3 is 1.11 bits per heavy atom. The monoisotopic (exact) mass is 480 g/mol. The number of aromatic nitrogens is 2. The van der Waals surface area contributed by atoms with E-state index in [1.807, 2.05) is 0 Å². The quantitative estimate of drug-likeness (QED) is 0.221. The van der Waals surface area contributed by atoms with E-state index < -0.39 is 0 Å². The van der Waals surface area contributed by atoms with Gasteiger partial charge in [0.25, 0.3) is 0 Å².